The molecular formula is C12H25NO2S. The number of hydrogen-bond donors (Lipinski definition) is 0. The van der Waals surface area contributed by atoms with E-state index in [1.165, 1.54) is 19.3 Å². The van der Waals surface area contributed by atoms with Gasteiger partial charge < -0.3 is 0 Å². The van der Waals surface area contributed by atoms with Gasteiger partial charge in [0.15, 0.2) is 0 Å². The Morgan fingerprint density at radius 1 is 1.25 bits per heavy atom. The first-order valence-corrected chi connectivity index (χ1v) is 7.97. The van der Waals surface area contributed by atoms with Gasteiger partial charge in [-0.15, -0.1) is 0 Å². The van der Waals surface area contributed by atoms with E-state index in [0.29, 0.717) is 0 Å². The highest BCUT2D eigenvalue weighted by Gasteiger charge is 2.27. The lowest BCUT2D eigenvalue weighted by atomic mass is 9.96. The molecule has 1 rings (SSSR count). The molecule has 0 aromatic carbocycles. The van der Waals surface area contributed by atoms with Gasteiger partial charge in [0, 0.05) is 13.1 Å². The molecule has 16 heavy (non-hydrogen) atoms. The Balaban J connectivity index is 2.60. The molecule has 0 N–H and O–H groups in total. The zero-order valence-electron chi connectivity index (χ0n) is 10.8. The van der Waals surface area contributed by atoms with Crippen LogP contribution in [0.25, 0.3) is 0 Å². The minimum absolute atomic E-state index is 0.282. The van der Waals surface area contributed by atoms with Crippen LogP contribution in [0.3, 0.4) is 0 Å². The van der Waals surface area contributed by atoms with Crippen LogP contribution in [0.15, 0.2) is 0 Å². The van der Waals surface area contributed by atoms with E-state index in [2.05, 4.69) is 6.92 Å². The maximum atomic E-state index is 12.0. The van der Waals surface area contributed by atoms with Crippen LogP contribution in [0.4, 0.5) is 0 Å². The molecule has 1 aliphatic heterocycles. The number of sulfonamides is 1. The predicted octanol–water partition coefficient (Wildman–Crippen LogP) is 2.63. The van der Waals surface area contributed by atoms with Crippen molar-refractivity contribution < 1.29 is 8.42 Å². The second-order valence-electron chi connectivity index (χ2n) is 5.08. The summed E-state index contributed by atoms with van der Waals surface area (Å²) in [4.78, 5) is 0. The van der Waals surface area contributed by atoms with Gasteiger partial charge in [-0.2, -0.15) is 0 Å². The van der Waals surface area contributed by atoms with Gasteiger partial charge in [0.2, 0.25) is 10.0 Å². The Kier molecular flexibility index (Phi) is 5.25. The Labute approximate surface area is 100 Å². The van der Waals surface area contributed by atoms with Crippen molar-refractivity contribution in [1.29, 1.82) is 0 Å². The molecule has 3 nitrogen and oxygen atoms in total. The summed E-state index contributed by atoms with van der Waals surface area (Å²) >= 11 is 0. The third kappa shape index (κ3) is 3.45. The molecule has 1 unspecified atom stereocenters. The van der Waals surface area contributed by atoms with E-state index in [1.54, 1.807) is 18.2 Å². The molecule has 1 heterocycles. The van der Waals surface area contributed by atoms with Crippen LogP contribution in [0.2, 0.25) is 0 Å². The summed E-state index contributed by atoms with van der Waals surface area (Å²) < 4.78 is 25.8. The van der Waals surface area contributed by atoms with E-state index < -0.39 is 10.0 Å². The first-order valence-electron chi connectivity index (χ1n) is 6.47. The minimum Gasteiger partial charge on any atom is -0.212 e. The van der Waals surface area contributed by atoms with E-state index >= 15 is 0 Å². The Hall–Kier alpha value is -0.0900. The topological polar surface area (TPSA) is 37.4 Å². The van der Waals surface area contributed by atoms with Crippen molar-refractivity contribution in [2.75, 3.05) is 13.1 Å². The van der Waals surface area contributed by atoms with Crippen molar-refractivity contribution in [2.24, 2.45) is 5.92 Å². The van der Waals surface area contributed by atoms with Gasteiger partial charge in [-0.25, -0.2) is 12.7 Å². The second kappa shape index (κ2) is 6.01. The molecule has 0 aliphatic carbocycles. The molecule has 1 fully saturated rings. The van der Waals surface area contributed by atoms with Gasteiger partial charge >= 0.3 is 0 Å². The summed E-state index contributed by atoms with van der Waals surface area (Å²) in [5.74, 6) is 0.734. The predicted molar refractivity (Wildman–Crippen MR) is 67.9 cm³/mol. The second-order valence-corrected chi connectivity index (χ2v) is 7.57. The van der Waals surface area contributed by atoms with Gasteiger partial charge in [-0.3, -0.25) is 0 Å². The fourth-order valence-electron chi connectivity index (χ4n) is 2.39. The van der Waals surface area contributed by atoms with Gasteiger partial charge in [0.05, 0.1) is 5.25 Å². The van der Waals surface area contributed by atoms with Gasteiger partial charge in [0.25, 0.3) is 0 Å². The zero-order valence-corrected chi connectivity index (χ0v) is 11.6. The van der Waals surface area contributed by atoms with Crippen LogP contribution in [0, 0.1) is 5.92 Å². The lowest BCUT2D eigenvalue weighted by molar-refractivity contribution is 0.397. The molecule has 0 radical (unpaired) electrons. The van der Waals surface area contributed by atoms with E-state index in [9.17, 15) is 8.42 Å². The highest BCUT2D eigenvalue weighted by atomic mass is 32.2. The molecule has 96 valence electrons. The number of nitrogens with zero attached hydrogens (tertiary/aromatic N) is 1. The van der Waals surface area contributed by atoms with Crippen LogP contribution in [0.1, 0.15) is 52.9 Å². The van der Waals surface area contributed by atoms with Crippen LogP contribution < -0.4 is 0 Å². The van der Waals surface area contributed by atoms with Crippen LogP contribution in [-0.2, 0) is 10.0 Å². The zero-order chi connectivity index (χ0) is 12.2. The fourth-order valence-corrected chi connectivity index (χ4v) is 3.73. The van der Waals surface area contributed by atoms with Gasteiger partial charge in [-0.05, 0) is 39.0 Å². The van der Waals surface area contributed by atoms with Crippen LogP contribution >= 0.6 is 0 Å². The van der Waals surface area contributed by atoms with Crippen molar-refractivity contribution in [3.05, 3.63) is 0 Å². The smallest absolute Gasteiger partial charge is 0.212 e. The highest BCUT2D eigenvalue weighted by Crippen LogP contribution is 2.24. The van der Waals surface area contributed by atoms with E-state index in [4.69, 9.17) is 0 Å². The molecule has 0 saturated carbocycles. The summed E-state index contributed by atoms with van der Waals surface area (Å²) in [5, 5.41) is -0.282. The molecular weight excluding hydrogens is 222 g/mol. The third-order valence-electron chi connectivity index (χ3n) is 3.46. The quantitative estimate of drug-likeness (QED) is 0.766. The summed E-state index contributed by atoms with van der Waals surface area (Å²) in [6.07, 6.45) is 5.71. The Morgan fingerprint density at radius 3 is 2.50 bits per heavy atom. The summed E-state index contributed by atoms with van der Waals surface area (Å²) in [7, 11) is -3.03. The van der Waals surface area contributed by atoms with Gasteiger partial charge in [-0.1, -0.05) is 19.8 Å². The monoisotopic (exact) mass is 247 g/mol. The standard InChI is InChI=1S/C12H25NO2S/c1-4-6-12-7-5-9-13(10-8-12)16(14,15)11(2)3/h11-12H,4-10H2,1-3H3. The average molecular weight is 247 g/mol. The molecule has 1 aliphatic rings. The van der Waals surface area contributed by atoms with E-state index in [0.717, 1.165) is 31.8 Å². The highest BCUT2D eigenvalue weighted by molar-refractivity contribution is 7.89. The van der Waals surface area contributed by atoms with E-state index in [-0.39, 0.29) is 5.25 Å². The fraction of sp³-hybridized carbons (Fsp3) is 1.00. The summed E-state index contributed by atoms with van der Waals surface area (Å²) in [6, 6.07) is 0. The minimum atomic E-state index is -3.03. The molecule has 0 aromatic rings. The molecule has 1 atom stereocenters. The van der Waals surface area contributed by atoms with Crippen LogP contribution in [0.5, 0.6) is 0 Å². The normalized spacial score (nSPS) is 24.6. The molecule has 0 aromatic heterocycles. The molecule has 0 amide bonds. The lowest BCUT2D eigenvalue weighted by Crippen LogP contribution is -2.37. The van der Waals surface area contributed by atoms with Crippen molar-refractivity contribution in [3.8, 4) is 0 Å². The maximum absolute atomic E-state index is 12.0. The molecule has 0 bridgehead atoms. The molecule has 1 saturated heterocycles. The number of rotatable bonds is 4. The lowest BCUT2D eigenvalue weighted by Gasteiger charge is -2.22. The SMILES string of the molecule is CCCC1CCCN(S(=O)(=O)C(C)C)CC1. The summed E-state index contributed by atoms with van der Waals surface area (Å²) in [5.41, 5.74) is 0. The van der Waals surface area contributed by atoms with Crippen molar-refractivity contribution >= 4 is 10.0 Å². The van der Waals surface area contributed by atoms with Gasteiger partial charge in [0.1, 0.15) is 0 Å². The maximum Gasteiger partial charge on any atom is 0.216 e. The Morgan fingerprint density at radius 2 is 1.94 bits per heavy atom. The third-order valence-corrected chi connectivity index (χ3v) is 5.74. The molecule has 0 spiro atoms. The molecule has 4 heteroatoms. The Bertz CT molecular complexity index is 298. The largest absolute Gasteiger partial charge is 0.216 e. The van der Waals surface area contributed by atoms with Crippen molar-refractivity contribution in [2.45, 2.75) is 58.1 Å². The first kappa shape index (κ1) is 14.0. The summed E-state index contributed by atoms with van der Waals surface area (Å²) in [6.45, 7) is 7.19. The first-order chi connectivity index (χ1) is 7.48. The van der Waals surface area contributed by atoms with Crippen molar-refractivity contribution in [3.63, 3.8) is 0 Å². The van der Waals surface area contributed by atoms with Crippen molar-refractivity contribution in [1.82, 2.24) is 4.31 Å². The average Bonchev–Trinajstić information content (AvgIpc) is 2.44. The van der Waals surface area contributed by atoms with E-state index in [1.807, 2.05) is 0 Å². The van der Waals surface area contributed by atoms with Crippen LogP contribution in [-0.4, -0.2) is 31.1 Å². The number of hydrogen-bond acceptors (Lipinski definition) is 2.